The SMILES string of the molecule is CN(C(=O)CCc1ccc(C(C)(C)C)cc1)C1CCS(=O)(=O)C1. The predicted octanol–water partition coefficient (Wildman–Crippen LogP) is 2.56. The van der Waals surface area contributed by atoms with Crippen LogP contribution in [0.25, 0.3) is 0 Å². The highest BCUT2D eigenvalue weighted by Gasteiger charge is 2.32. The van der Waals surface area contributed by atoms with Gasteiger partial charge in [0.1, 0.15) is 0 Å². The van der Waals surface area contributed by atoms with Gasteiger partial charge in [-0.05, 0) is 29.4 Å². The molecule has 23 heavy (non-hydrogen) atoms. The second-order valence-electron chi connectivity index (χ2n) is 7.51. The molecular weight excluding hydrogens is 310 g/mol. The first-order chi connectivity index (χ1) is 10.6. The first-order valence-electron chi connectivity index (χ1n) is 8.14. The molecule has 128 valence electrons. The highest BCUT2D eigenvalue weighted by atomic mass is 32.2. The van der Waals surface area contributed by atoms with Gasteiger partial charge in [0.2, 0.25) is 5.91 Å². The van der Waals surface area contributed by atoms with Gasteiger partial charge in [0.25, 0.3) is 0 Å². The van der Waals surface area contributed by atoms with E-state index in [1.807, 2.05) is 0 Å². The van der Waals surface area contributed by atoms with Crippen LogP contribution >= 0.6 is 0 Å². The van der Waals surface area contributed by atoms with Gasteiger partial charge in [-0.1, -0.05) is 45.0 Å². The first-order valence-corrected chi connectivity index (χ1v) is 9.96. The molecule has 1 aliphatic heterocycles. The minimum atomic E-state index is -2.95. The summed E-state index contributed by atoms with van der Waals surface area (Å²) in [4.78, 5) is 13.9. The molecule has 0 bridgehead atoms. The predicted molar refractivity (Wildman–Crippen MR) is 93.3 cm³/mol. The van der Waals surface area contributed by atoms with Crippen LogP contribution in [0.4, 0.5) is 0 Å². The van der Waals surface area contributed by atoms with Crippen LogP contribution < -0.4 is 0 Å². The van der Waals surface area contributed by atoms with Crippen LogP contribution in [0.5, 0.6) is 0 Å². The average Bonchev–Trinajstić information content (AvgIpc) is 2.83. The second-order valence-corrected chi connectivity index (χ2v) is 9.74. The summed E-state index contributed by atoms with van der Waals surface area (Å²) in [7, 11) is -1.23. The number of nitrogens with zero attached hydrogens (tertiary/aromatic N) is 1. The molecule has 1 aliphatic rings. The van der Waals surface area contributed by atoms with Gasteiger partial charge in [-0.25, -0.2) is 8.42 Å². The van der Waals surface area contributed by atoms with E-state index in [1.54, 1.807) is 11.9 Å². The number of benzene rings is 1. The highest BCUT2D eigenvalue weighted by molar-refractivity contribution is 7.91. The van der Waals surface area contributed by atoms with Crippen molar-refractivity contribution in [3.05, 3.63) is 35.4 Å². The Morgan fingerprint density at radius 3 is 2.30 bits per heavy atom. The number of carbonyl (C=O) groups excluding carboxylic acids is 1. The van der Waals surface area contributed by atoms with E-state index in [-0.39, 0.29) is 28.9 Å². The minimum absolute atomic E-state index is 0.0204. The standard InChI is InChI=1S/C18H27NO3S/c1-18(2,3)15-8-5-14(6-9-15)7-10-17(20)19(4)16-11-12-23(21,22)13-16/h5-6,8-9,16H,7,10-13H2,1-4H3. The van der Waals surface area contributed by atoms with Gasteiger partial charge >= 0.3 is 0 Å². The molecule has 1 aromatic rings. The van der Waals surface area contributed by atoms with E-state index in [4.69, 9.17) is 0 Å². The largest absolute Gasteiger partial charge is 0.342 e. The molecule has 1 aromatic carbocycles. The number of sulfone groups is 1. The van der Waals surface area contributed by atoms with Gasteiger partial charge in [-0.2, -0.15) is 0 Å². The molecule has 0 spiro atoms. The monoisotopic (exact) mass is 337 g/mol. The third-order valence-corrected chi connectivity index (χ3v) is 6.35. The van der Waals surface area contributed by atoms with Crippen LogP contribution in [0.1, 0.15) is 44.7 Å². The number of aryl methyl sites for hydroxylation is 1. The molecule has 0 aliphatic carbocycles. The van der Waals surface area contributed by atoms with Gasteiger partial charge in [-0.3, -0.25) is 4.79 Å². The van der Waals surface area contributed by atoms with Crippen molar-refractivity contribution in [2.24, 2.45) is 0 Å². The third-order valence-electron chi connectivity index (χ3n) is 4.60. The fraction of sp³-hybridized carbons (Fsp3) is 0.611. The summed E-state index contributed by atoms with van der Waals surface area (Å²) in [6.45, 7) is 6.53. The van der Waals surface area contributed by atoms with Crippen molar-refractivity contribution < 1.29 is 13.2 Å². The Morgan fingerprint density at radius 1 is 1.22 bits per heavy atom. The fourth-order valence-electron chi connectivity index (χ4n) is 2.88. The molecule has 1 amide bonds. The van der Waals surface area contributed by atoms with Crippen molar-refractivity contribution in [3.8, 4) is 0 Å². The van der Waals surface area contributed by atoms with E-state index in [9.17, 15) is 13.2 Å². The maximum absolute atomic E-state index is 12.3. The van der Waals surface area contributed by atoms with Crippen molar-refractivity contribution in [2.75, 3.05) is 18.6 Å². The zero-order valence-corrected chi connectivity index (χ0v) is 15.3. The minimum Gasteiger partial charge on any atom is -0.342 e. The summed E-state index contributed by atoms with van der Waals surface area (Å²) in [5.41, 5.74) is 2.54. The van der Waals surface area contributed by atoms with Crippen LogP contribution in [0.3, 0.4) is 0 Å². The van der Waals surface area contributed by atoms with Gasteiger partial charge in [0.15, 0.2) is 9.84 Å². The molecular formula is C18H27NO3S. The summed E-state index contributed by atoms with van der Waals surface area (Å²) < 4.78 is 23.0. The normalized spacial score (nSPS) is 20.4. The third kappa shape index (κ3) is 4.80. The van der Waals surface area contributed by atoms with Crippen molar-refractivity contribution in [1.29, 1.82) is 0 Å². The molecule has 0 aromatic heterocycles. The molecule has 0 saturated carbocycles. The Morgan fingerprint density at radius 2 is 1.83 bits per heavy atom. The first kappa shape index (κ1) is 18.0. The molecule has 2 rings (SSSR count). The Balaban J connectivity index is 1.89. The molecule has 1 unspecified atom stereocenters. The average molecular weight is 337 g/mol. The lowest BCUT2D eigenvalue weighted by molar-refractivity contribution is -0.131. The van der Waals surface area contributed by atoms with Gasteiger partial charge in [-0.15, -0.1) is 0 Å². The number of amides is 1. The molecule has 4 nitrogen and oxygen atoms in total. The molecule has 0 N–H and O–H groups in total. The van der Waals surface area contributed by atoms with Crippen LogP contribution in [0.15, 0.2) is 24.3 Å². The number of hydrogen-bond donors (Lipinski definition) is 0. The zero-order valence-electron chi connectivity index (χ0n) is 14.5. The number of hydrogen-bond acceptors (Lipinski definition) is 3. The van der Waals surface area contributed by atoms with Crippen LogP contribution in [0, 0.1) is 0 Å². The van der Waals surface area contributed by atoms with Crippen molar-refractivity contribution in [1.82, 2.24) is 4.90 Å². The second kappa shape index (κ2) is 6.63. The highest BCUT2D eigenvalue weighted by Crippen LogP contribution is 2.23. The quantitative estimate of drug-likeness (QED) is 0.848. The van der Waals surface area contributed by atoms with E-state index < -0.39 is 9.84 Å². The van der Waals surface area contributed by atoms with Crippen molar-refractivity contribution >= 4 is 15.7 Å². The molecule has 1 heterocycles. The maximum Gasteiger partial charge on any atom is 0.222 e. The number of carbonyl (C=O) groups is 1. The van der Waals surface area contributed by atoms with Crippen LogP contribution in [0.2, 0.25) is 0 Å². The Hall–Kier alpha value is -1.36. The summed E-state index contributed by atoms with van der Waals surface area (Å²) in [6.07, 6.45) is 1.67. The summed E-state index contributed by atoms with van der Waals surface area (Å²) >= 11 is 0. The van der Waals surface area contributed by atoms with E-state index in [0.717, 1.165) is 5.56 Å². The number of rotatable bonds is 4. The van der Waals surface area contributed by atoms with Crippen LogP contribution in [-0.2, 0) is 26.5 Å². The van der Waals surface area contributed by atoms with E-state index >= 15 is 0 Å². The van der Waals surface area contributed by atoms with Gasteiger partial charge in [0.05, 0.1) is 11.5 Å². The molecule has 1 saturated heterocycles. The Labute approximate surface area is 139 Å². The van der Waals surface area contributed by atoms with Gasteiger partial charge in [0, 0.05) is 19.5 Å². The summed E-state index contributed by atoms with van der Waals surface area (Å²) in [5, 5.41) is 0. The fourth-order valence-corrected chi connectivity index (χ4v) is 4.66. The maximum atomic E-state index is 12.3. The van der Waals surface area contributed by atoms with Crippen LogP contribution in [-0.4, -0.2) is 43.8 Å². The van der Waals surface area contributed by atoms with Crippen molar-refractivity contribution in [3.63, 3.8) is 0 Å². The zero-order chi connectivity index (χ0) is 17.3. The van der Waals surface area contributed by atoms with E-state index in [2.05, 4.69) is 45.0 Å². The van der Waals surface area contributed by atoms with E-state index in [1.165, 1.54) is 5.56 Å². The lowest BCUT2D eigenvalue weighted by atomic mass is 9.86. The lowest BCUT2D eigenvalue weighted by Gasteiger charge is -2.23. The van der Waals surface area contributed by atoms with Gasteiger partial charge < -0.3 is 4.90 Å². The molecule has 5 heteroatoms. The summed E-state index contributed by atoms with van der Waals surface area (Å²) in [5.74, 6) is 0.325. The summed E-state index contributed by atoms with van der Waals surface area (Å²) in [6, 6.07) is 8.23. The Kier molecular flexibility index (Phi) is 5.19. The molecule has 0 radical (unpaired) electrons. The molecule has 1 fully saturated rings. The molecule has 1 atom stereocenters. The van der Waals surface area contributed by atoms with Crippen molar-refractivity contribution in [2.45, 2.75) is 51.5 Å². The lowest BCUT2D eigenvalue weighted by Crippen LogP contribution is -2.37. The van der Waals surface area contributed by atoms with E-state index in [0.29, 0.717) is 19.3 Å². The Bertz CT molecular complexity index is 657. The smallest absolute Gasteiger partial charge is 0.222 e. The topological polar surface area (TPSA) is 54.5 Å².